The summed E-state index contributed by atoms with van der Waals surface area (Å²) < 4.78 is 2.27. The number of nitrogens with zero attached hydrogens (tertiary/aromatic N) is 2. The quantitative estimate of drug-likeness (QED) is 0.508. The molecular formula is C11H20N2S. The summed E-state index contributed by atoms with van der Waals surface area (Å²) in [4.78, 5) is 4.37. The van der Waals surface area contributed by atoms with Crippen LogP contribution >= 0.6 is 11.8 Å². The van der Waals surface area contributed by atoms with E-state index in [9.17, 15) is 0 Å². The van der Waals surface area contributed by atoms with Crippen molar-refractivity contribution in [1.82, 2.24) is 9.55 Å². The van der Waals surface area contributed by atoms with Gasteiger partial charge in [0, 0.05) is 24.7 Å². The van der Waals surface area contributed by atoms with Gasteiger partial charge in [-0.25, -0.2) is 4.98 Å². The van der Waals surface area contributed by atoms with E-state index in [0.29, 0.717) is 0 Å². The molecule has 0 aliphatic carbocycles. The molecule has 0 fully saturated rings. The van der Waals surface area contributed by atoms with E-state index in [2.05, 4.69) is 29.6 Å². The molecule has 2 nitrogen and oxygen atoms in total. The first-order valence-electron chi connectivity index (χ1n) is 5.52. The van der Waals surface area contributed by atoms with E-state index in [1.165, 1.54) is 36.6 Å². The second-order valence-electron chi connectivity index (χ2n) is 3.46. The van der Waals surface area contributed by atoms with Gasteiger partial charge in [0.15, 0.2) is 5.16 Å². The molecule has 0 atom stereocenters. The Morgan fingerprint density at radius 1 is 1.29 bits per heavy atom. The van der Waals surface area contributed by atoms with Crippen molar-refractivity contribution in [2.75, 3.05) is 5.75 Å². The van der Waals surface area contributed by atoms with Gasteiger partial charge in [-0.2, -0.15) is 0 Å². The lowest BCUT2D eigenvalue weighted by molar-refractivity contribution is 0.587. The van der Waals surface area contributed by atoms with Crippen LogP contribution in [0.1, 0.15) is 39.5 Å². The molecule has 0 spiro atoms. The molecule has 0 saturated heterocycles. The highest BCUT2D eigenvalue weighted by Crippen LogP contribution is 2.17. The van der Waals surface area contributed by atoms with Gasteiger partial charge in [0.05, 0.1) is 0 Å². The summed E-state index contributed by atoms with van der Waals surface area (Å²) in [6.07, 6.45) is 9.04. The van der Waals surface area contributed by atoms with Crippen molar-refractivity contribution < 1.29 is 0 Å². The van der Waals surface area contributed by atoms with Crippen LogP contribution in [0.3, 0.4) is 0 Å². The van der Waals surface area contributed by atoms with Gasteiger partial charge in [-0.05, 0) is 12.8 Å². The van der Waals surface area contributed by atoms with Gasteiger partial charge < -0.3 is 4.57 Å². The molecule has 0 unspecified atom stereocenters. The van der Waals surface area contributed by atoms with Crippen molar-refractivity contribution in [3.63, 3.8) is 0 Å². The number of aromatic nitrogens is 2. The maximum Gasteiger partial charge on any atom is 0.167 e. The second kappa shape index (κ2) is 6.93. The van der Waals surface area contributed by atoms with Gasteiger partial charge >= 0.3 is 0 Å². The molecule has 0 saturated carbocycles. The van der Waals surface area contributed by atoms with Crippen molar-refractivity contribution >= 4 is 11.8 Å². The highest BCUT2D eigenvalue weighted by Gasteiger charge is 2.01. The SMILES string of the molecule is CCCCSc1nccn1CCCC. The van der Waals surface area contributed by atoms with Gasteiger partial charge in [0.2, 0.25) is 0 Å². The number of imidazole rings is 1. The Kier molecular flexibility index (Phi) is 5.76. The van der Waals surface area contributed by atoms with E-state index in [1.54, 1.807) is 0 Å². The maximum absolute atomic E-state index is 4.37. The number of hydrogen-bond acceptors (Lipinski definition) is 2. The molecule has 0 bridgehead atoms. The Morgan fingerprint density at radius 3 is 2.79 bits per heavy atom. The van der Waals surface area contributed by atoms with Crippen LogP contribution in [0.15, 0.2) is 17.6 Å². The number of unbranched alkanes of at least 4 members (excludes halogenated alkanes) is 2. The third kappa shape index (κ3) is 3.74. The Morgan fingerprint density at radius 2 is 2.07 bits per heavy atom. The summed E-state index contributed by atoms with van der Waals surface area (Å²) in [7, 11) is 0. The number of aryl methyl sites for hydroxylation is 1. The predicted molar refractivity (Wildman–Crippen MR) is 62.8 cm³/mol. The minimum atomic E-state index is 1.12. The van der Waals surface area contributed by atoms with Gasteiger partial charge in [-0.15, -0.1) is 0 Å². The lowest BCUT2D eigenvalue weighted by Crippen LogP contribution is -1.98. The van der Waals surface area contributed by atoms with Crippen LogP contribution in [0.5, 0.6) is 0 Å². The van der Waals surface area contributed by atoms with Gasteiger partial charge in [-0.1, -0.05) is 38.5 Å². The summed E-state index contributed by atoms with van der Waals surface area (Å²) in [6, 6.07) is 0. The molecule has 0 aromatic carbocycles. The first-order valence-corrected chi connectivity index (χ1v) is 6.51. The molecule has 1 rings (SSSR count). The summed E-state index contributed by atoms with van der Waals surface area (Å²) in [6.45, 7) is 5.57. The molecule has 3 heteroatoms. The minimum Gasteiger partial charge on any atom is -0.326 e. The van der Waals surface area contributed by atoms with Crippen molar-refractivity contribution in [2.24, 2.45) is 0 Å². The zero-order valence-electron chi connectivity index (χ0n) is 9.20. The van der Waals surface area contributed by atoms with E-state index in [1.807, 2.05) is 18.0 Å². The van der Waals surface area contributed by atoms with Gasteiger partial charge in [0.1, 0.15) is 0 Å². The van der Waals surface area contributed by atoms with Crippen LogP contribution in [-0.2, 0) is 6.54 Å². The number of hydrogen-bond donors (Lipinski definition) is 0. The van der Waals surface area contributed by atoms with Crippen molar-refractivity contribution in [3.8, 4) is 0 Å². The molecule has 0 radical (unpaired) electrons. The van der Waals surface area contributed by atoms with Crippen LogP contribution in [-0.4, -0.2) is 15.3 Å². The smallest absolute Gasteiger partial charge is 0.167 e. The van der Waals surface area contributed by atoms with Crippen LogP contribution in [0, 0.1) is 0 Å². The normalized spacial score (nSPS) is 10.7. The Labute approximate surface area is 91.1 Å². The zero-order valence-corrected chi connectivity index (χ0v) is 10.0. The third-order valence-electron chi connectivity index (χ3n) is 2.16. The minimum absolute atomic E-state index is 1.12. The average Bonchev–Trinajstić information content (AvgIpc) is 2.63. The third-order valence-corrected chi connectivity index (χ3v) is 3.25. The molecule has 0 aliphatic heterocycles. The monoisotopic (exact) mass is 212 g/mol. The van der Waals surface area contributed by atoms with Crippen LogP contribution < -0.4 is 0 Å². The molecule has 1 aromatic heterocycles. The van der Waals surface area contributed by atoms with Crippen molar-refractivity contribution in [2.45, 2.75) is 51.2 Å². The highest BCUT2D eigenvalue weighted by molar-refractivity contribution is 7.99. The summed E-state index contributed by atoms with van der Waals surface area (Å²) in [5.41, 5.74) is 0. The van der Waals surface area contributed by atoms with Gasteiger partial charge in [0.25, 0.3) is 0 Å². The number of rotatable bonds is 7. The van der Waals surface area contributed by atoms with E-state index in [4.69, 9.17) is 0 Å². The number of thioether (sulfide) groups is 1. The summed E-state index contributed by atoms with van der Waals surface area (Å²) >= 11 is 1.88. The van der Waals surface area contributed by atoms with E-state index < -0.39 is 0 Å². The standard InChI is InChI=1S/C11H20N2S/c1-3-5-8-13-9-7-12-11(13)14-10-6-4-2/h7,9H,3-6,8,10H2,1-2H3. The summed E-state index contributed by atoms with van der Waals surface area (Å²) in [5.74, 6) is 1.19. The fourth-order valence-electron chi connectivity index (χ4n) is 1.24. The highest BCUT2D eigenvalue weighted by atomic mass is 32.2. The van der Waals surface area contributed by atoms with E-state index in [0.717, 1.165) is 6.54 Å². The molecule has 1 aromatic rings. The zero-order chi connectivity index (χ0) is 10.2. The largest absolute Gasteiger partial charge is 0.326 e. The lowest BCUT2D eigenvalue weighted by atomic mass is 10.3. The molecule has 0 N–H and O–H groups in total. The fraction of sp³-hybridized carbons (Fsp3) is 0.727. The van der Waals surface area contributed by atoms with Gasteiger partial charge in [-0.3, -0.25) is 0 Å². The maximum atomic E-state index is 4.37. The average molecular weight is 212 g/mol. The lowest BCUT2D eigenvalue weighted by Gasteiger charge is -2.05. The van der Waals surface area contributed by atoms with Crippen molar-refractivity contribution in [1.29, 1.82) is 0 Å². The molecule has 0 aliphatic rings. The Hall–Kier alpha value is -0.440. The van der Waals surface area contributed by atoms with E-state index >= 15 is 0 Å². The van der Waals surface area contributed by atoms with E-state index in [-0.39, 0.29) is 0 Å². The second-order valence-corrected chi connectivity index (χ2v) is 4.52. The molecular weight excluding hydrogens is 192 g/mol. The van der Waals surface area contributed by atoms with Crippen molar-refractivity contribution in [3.05, 3.63) is 12.4 Å². The Bertz CT molecular complexity index is 245. The molecule has 14 heavy (non-hydrogen) atoms. The van der Waals surface area contributed by atoms with Crippen LogP contribution in [0.25, 0.3) is 0 Å². The van der Waals surface area contributed by atoms with Crippen LogP contribution in [0.2, 0.25) is 0 Å². The molecule has 80 valence electrons. The topological polar surface area (TPSA) is 17.8 Å². The first-order chi connectivity index (χ1) is 6.88. The van der Waals surface area contributed by atoms with Crippen LogP contribution in [0.4, 0.5) is 0 Å². The summed E-state index contributed by atoms with van der Waals surface area (Å²) in [5, 5.41) is 1.19. The predicted octanol–water partition coefficient (Wildman–Crippen LogP) is 3.58. The Balaban J connectivity index is 2.37. The molecule has 1 heterocycles. The first kappa shape index (κ1) is 11.6. The molecule has 0 amide bonds. The fourth-order valence-corrected chi connectivity index (χ4v) is 2.31.